The fraction of sp³-hybridized carbons (Fsp3) is 0.529. The van der Waals surface area contributed by atoms with Crippen LogP contribution in [0.5, 0.6) is 0 Å². The molecular formula is C17H22N2O. The van der Waals surface area contributed by atoms with Crippen LogP contribution in [0.1, 0.15) is 38.2 Å². The van der Waals surface area contributed by atoms with Crippen molar-refractivity contribution in [3.8, 4) is 0 Å². The number of carbonyl (C=O) groups is 1. The Bertz CT molecular complexity index is 497. The number of aromatic nitrogens is 1. The van der Waals surface area contributed by atoms with Gasteiger partial charge in [-0.3, -0.25) is 9.78 Å². The molecule has 0 aromatic carbocycles. The van der Waals surface area contributed by atoms with E-state index in [4.69, 9.17) is 0 Å². The Kier molecular flexibility index (Phi) is 3.86. The summed E-state index contributed by atoms with van der Waals surface area (Å²) < 4.78 is 0. The molecule has 106 valence electrons. The second kappa shape index (κ2) is 5.78. The number of fused-ring (bicyclic) bond motifs is 2. The molecule has 4 atom stereocenters. The predicted molar refractivity (Wildman–Crippen MR) is 79.8 cm³/mol. The number of nitrogens with zero attached hydrogens (tertiary/aromatic N) is 1. The lowest BCUT2D eigenvalue weighted by molar-refractivity contribution is -0.117. The Morgan fingerprint density at radius 2 is 2.35 bits per heavy atom. The molecule has 1 amide bonds. The normalized spacial score (nSPS) is 29.8. The number of amides is 1. The molecule has 1 aromatic rings. The van der Waals surface area contributed by atoms with E-state index in [1.165, 1.54) is 25.7 Å². The second-order valence-electron chi connectivity index (χ2n) is 6.26. The van der Waals surface area contributed by atoms with E-state index < -0.39 is 0 Å². The Labute approximate surface area is 120 Å². The number of hydrogen-bond acceptors (Lipinski definition) is 2. The van der Waals surface area contributed by atoms with Crippen molar-refractivity contribution in [3.05, 3.63) is 36.2 Å². The van der Waals surface area contributed by atoms with Gasteiger partial charge in [-0.05, 0) is 61.6 Å². The third-order valence-corrected chi connectivity index (χ3v) is 4.92. The van der Waals surface area contributed by atoms with E-state index in [-0.39, 0.29) is 11.9 Å². The number of nitrogens with one attached hydrogen (secondary N) is 1. The first-order valence-electron chi connectivity index (χ1n) is 7.61. The number of rotatable bonds is 4. The average molecular weight is 270 g/mol. The minimum Gasteiger partial charge on any atom is -0.350 e. The van der Waals surface area contributed by atoms with Gasteiger partial charge in [-0.15, -0.1) is 0 Å². The Balaban J connectivity index is 1.52. The molecule has 4 unspecified atom stereocenters. The van der Waals surface area contributed by atoms with Crippen LogP contribution < -0.4 is 5.32 Å². The molecule has 0 saturated heterocycles. The van der Waals surface area contributed by atoms with Crippen LogP contribution in [0.2, 0.25) is 0 Å². The molecule has 1 aromatic heterocycles. The molecule has 0 spiro atoms. The first-order valence-corrected chi connectivity index (χ1v) is 7.61. The van der Waals surface area contributed by atoms with E-state index in [0.717, 1.165) is 17.4 Å². The first-order chi connectivity index (χ1) is 9.72. The smallest absolute Gasteiger partial charge is 0.244 e. The van der Waals surface area contributed by atoms with Crippen LogP contribution in [0.15, 0.2) is 30.6 Å². The maximum absolute atomic E-state index is 12.0. The van der Waals surface area contributed by atoms with Crippen molar-refractivity contribution < 1.29 is 4.79 Å². The van der Waals surface area contributed by atoms with E-state index in [2.05, 4.69) is 17.2 Å². The molecule has 2 aliphatic carbocycles. The van der Waals surface area contributed by atoms with Crippen molar-refractivity contribution in [2.24, 2.45) is 17.8 Å². The monoisotopic (exact) mass is 270 g/mol. The van der Waals surface area contributed by atoms with Crippen LogP contribution in [-0.4, -0.2) is 16.9 Å². The number of carbonyl (C=O) groups excluding carboxylic acids is 1. The quantitative estimate of drug-likeness (QED) is 0.854. The van der Waals surface area contributed by atoms with E-state index in [0.29, 0.717) is 5.92 Å². The van der Waals surface area contributed by atoms with Crippen LogP contribution >= 0.6 is 0 Å². The maximum Gasteiger partial charge on any atom is 0.244 e. The molecule has 20 heavy (non-hydrogen) atoms. The van der Waals surface area contributed by atoms with Crippen molar-refractivity contribution >= 4 is 12.0 Å². The summed E-state index contributed by atoms with van der Waals surface area (Å²) in [6, 6.07) is 4.10. The summed E-state index contributed by atoms with van der Waals surface area (Å²) in [5.41, 5.74) is 0.954. The lowest BCUT2D eigenvalue weighted by atomic mass is 9.84. The summed E-state index contributed by atoms with van der Waals surface area (Å²) in [5, 5.41) is 3.13. The highest BCUT2D eigenvalue weighted by Gasteiger charge is 2.41. The molecule has 1 heterocycles. The van der Waals surface area contributed by atoms with Crippen molar-refractivity contribution in [2.75, 3.05) is 0 Å². The van der Waals surface area contributed by atoms with Crippen molar-refractivity contribution in [2.45, 2.75) is 38.6 Å². The minimum absolute atomic E-state index is 0.00382. The molecular weight excluding hydrogens is 248 g/mol. The zero-order valence-electron chi connectivity index (χ0n) is 12.0. The molecule has 2 bridgehead atoms. The number of hydrogen-bond donors (Lipinski definition) is 1. The molecule has 3 heteroatoms. The second-order valence-corrected chi connectivity index (χ2v) is 6.26. The highest BCUT2D eigenvalue weighted by molar-refractivity contribution is 5.91. The summed E-state index contributed by atoms with van der Waals surface area (Å²) in [6.07, 6.45) is 12.4. The third kappa shape index (κ3) is 2.92. The van der Waals surface area contributed by atoms with Crippen molar-refractivity contribution in [1.82, 2.24) is 10.3 Å². The molecule has 2 saturated carbocycles. The highest BCUT2D eigenvalue weighted by atomic mass is 16.1. The van der Waals surface area contributed by atoms with Gasteiger partial charge in [0.25, 0.3) is 0 Å². The summed E-state index contributed by atoms with van der Waals surface area (Å²) in [5.74, 6) is 2.46. The van der Waals surface area contributed by atoms with Crippen LogP contribution in [0.3, 0.4) is 0 Å². The summed E-state index contributed by atoms with van der Waals surface area (Å²) in [7, 11) is 0. The van der Waals surface area contributed by atoms with Crippen LogP contribution in [-0.2, 0) is 4.79 Å². The van der Waals surface area contributed by atoms with Crippen LogP contribution in [0.25, 0.3) is 6.08 Å². The summed E-state index contributed by atoms with van der Waals surface area (Å²) >= 11 is 0. The topological polar surface area (TPSA) is 42.0 Å². The predicted octanol–water partition coefficient (Wildman–Crippen LogP) is 3.04. The zero-order valence-corrected chi connectivity index (χ0v) is 12.0. The van der Waals surface area contributed by atoms with Crippen LogP contribution in [0, 0.1) is 17.8 Å². The molecule has 0 aliphatic heterocycles. The van der Waals surface area contributed by atoms with Gasteiger partial charge >= 0.3 is 0 Å². The van der Waals surface area contributed by atoms with Gasteiger partial charge in [0.2, 0.25) is 5.91 Å². The molecule has 1 N–H and O–H groups in total. The summed E-state index contributed by atoms with van der Waals surface area (Å²) in [6.45, 7) is 2.15. The van der Waals surface area contributed by atoms with E-state index >= 15 is 0 Å². The average Bonchev–Trinajstić information content (AvgIpc) is 3.09. The largest absolute Gasteiger partial charge is 0.350 e. The third-order valence-electron chi connectivity index (χ3n) is 4.92. The first kappa shape index (κ1) is 13.3. The summed E-state index contributed by atoms with van der Waals surface area (Å²) in [4.78, 5) is 16.0. The lowest BCUT2D eigenvalue weighted by Gasteiger charge is -2.28. The van der Waals surface area contributed by atoms with Gasteiger partial charge in [0.15, 0.2) is 0 Å². The van der Waals surface area contributed by atoms with Gasteiger partial charge in [-0.1, -0.05) is 12.5 Å². The van der Waals surface area contributed by atoms with Gasteiger partial charge in [0.05, 0.1) is 0 Å². The fourth-order valence-corrected chi connectivity index (χ4v) is 3.93. The Morgan fingerprint density at radius 3 is 3.00 bits per heavy atom. The van der Waals surface area contributed by atoms with E-state index in [9.17, 15) is 4.79 Å². The van der Waals surface area contributed by atoms with Gasteiger partial charge in [-0.2, -0.15) is 0 Å². The van der Waals surface area contributed by atoms with E-state index in [1.807, 2.05) is 18.2 Å². The molecule has 0 radical (unpaired) electrons. The zero-order chi connectivity index (χ0) is 13.9. The Morgan fingerprint density at radius 1 is 1.45 bits per heavy atom. The molecule has 2 aliphatic rings. The fourth-order valence-electron chi connectivity index (χ4n) is 3.93. The Hall–Kier alpha value is -1.64. The van der Waals surface area contributed by atoms with E-state index in [1.54, 1.807) is 18.5 Å². The molecule has 2 fully saturated rings. The van der Waals surface area contributed by atoms with Gasteiger partial charge in [-0.25, -0.2) is 0 Å². The minimum atomic E-state index is 0.00382. The van der Waals surface area contributed by atoms with Crippen molar-refractivity contribution in [3.63, 3.8) is 0 Å². The van der Waals surface area contributed by atoms with Crippen LogP contribution in [0.4, 0.5) is 0 Å². The van der Waals surface area contributed by atoms with Gasteiger partial charge in [0, 0.05) is 24.5 Å². The van der Waals surface area contributed by atoms with Gasteiger partial charge in [0.1, 0.15) is 0 Å². The van der Waals surface area contributed by atoms with Gasteiger partial charge < -0.3 is 5.32 Å². The van der Waals surface area contributed by atoms with Crippen molar-refractivity contribution in [1.29, 1.82) is 0 Å². The standard InChI is InChI=1S/C17H22N2O/c1-12(16-10-14-4-6-15(16)9-14)19-17(20)7-5-13-3-2-8-18-11-13/h2-3,5,7-8,11-12,14-16H,4,6,9-10H2,1H3,(H,19,20)/b7-5+. The lowest BCUT2D eigenvalue weighted by Crippen LogP contribution is -2.39. The molecule has 3 rings (SSSR count). The molecule has 3 nitrogen and oxygen atoms in total. The SMILES string of the molecule is CC(NC(=O)/C=C/c1cccnc1)C1CC2CCC1C2. The number of pyridine rings is 1. The highest BCUT2D eigenvalue weighted by Crippen LogP contribution is 2.49. The maximum atomic E-state index is 12.0.